The fraction of sp³-hybridized carbons (Fsp3) is 0.438. The first-order valence-corrected chi connectivity index (χ1v) is 8.28. The number of hydrogen-bond acceptors (Lipinski definition) is 5. The maximum Gasteiger partial charge on any atom is 0.410 e. The van der Waals surface area contributed by atoms with Crippen molar-refractivity contribution in [2.75, 3.05) is 39.4 Å². The summed E-state index contributed by atoms with van der Waals surface area (Å²) in [5.74, 6) is 0.183. The van der Waals surface area contributed by atoms with Crippen LogP contribution in [0.15, 0.2) is 18.2 Å². The van der Waals surface area contributed by atoms with E-state index < -0.39 is 6.09 Å². The average molecular weight is 368 g/mol. The predicted molar refractivity (Wildman–Crippen MR) is 88.3 cm³/mol. The van der Waals surface area contributed by atoms with Crippen LogP contribution in [0.4, 0.5) is 4.79 Å². The maximum absolute atomic E-state index is 12.2. The Labute approximate surface area is 149 Å². The van der Waals surface area contributed by atoms with E-state index in [2.05, 4.69) is 5.32 Å². The van der Waals surface area contributed by atoms with E-state index in [1.54, 1.807) is 23.1 Å². The summed E-state index contributed by atoms with van der Waals surface area (Å²) in [5.41, 5.74) is 0.824. The van der Waals surface area contributed by atoms with Crippen molar-refractivity contribution in [3.8, 4) is 5.75 Å². The van der Waals surface area contributed by atoms with Gasteiger partial charge in [-0.3, -0.25) is 14.5 Å². The fourth-order valence-electron chi connectivity index (χ4n) is 2.67. The largest absolute Gasteiger partial charge is 0.483 e. The molecule has 1 fully saturated rings. The maximum atomic E-state index is 12.2. The second kappa shape index (κ2) is 7.60. The second-order valence-electron chi connectivity index (χ2n) is 5.74. The number of cyclic esters (lactones) is 1. The third-order valence-electron chi connectivity index (χ3n) is 3.97. The Balaban J connectivity index is 1.50. The summed E-state index contributed by atoms with van der Waals surface area (Å²) in [5, 5.41) is 3.28. The van der Waals surface area contributed by atoms with Gasteiger partial charge in [-0.15, -0.1) is 0 Å². The van der Waals surface area contributed by atoms with Gasteiger partial charge < -0.3 is 19.7 Å². The molecule has 2 heterocycles. The van der Waals surface area contributed by atoms with Crippen molar-refractivity contribution in [3.05, 3.63) is 28.8 Å². The molecule has 0 radical (unpaired) electrons. The van der Waals surface area contributed by atoms with Gasteiger partial charge in [0, 0.05) is 30.2 Å². The number of rotatable bonds is 5. The highest BCUT2D eigenvalue weighted by Gasteiger charge is 2.25. The molecule has 1 N–H and O–H groups in total. The monoisotopic (exact) mass is 367 g/mol. The molecule has 2 aliphatic heterocycles. The lowest BCUT2D eigenvalue weighted by Crippen LogP contribution is -2.42. The van der Waals surface area contributed by atoms with Gasteiger partial charge in [0.2, 0.25) is 5.91 Å². The quantitative estimate of drug-likeness (QED) is 0.824. The molecule has 3 rings (SSSR count). The highest BCUT2D eigenvalue weighted by atomic mass is 35.5. The Morgan fingerprint density at radius 3 is 2.84 bits per heavy atom. The number of amides is 3. The SMILES string of the molecule is O=C(CN1CCOC1=O)NCCN1Cc2cc(Cl)ccc2OCC1=O. The first-order valence-electron chi connectivity index (χ1n) is 7.90. The Kier molecular flexibility index (Phi) is 5.28. The Hall–Kier alpha value is -2.48. The molecule has 9 heteroatoms. The fourth-order valence-corrected chi connectivity index (χ4v) is 2.86. The van der Waals surface area contributed by atoms with Crippen molar-refractivity contribution >= 4 is 29.5 Å². The van der Waals surface area contributed by atoms with Crippen LogP contribution in [0.5, 0.6) is 5.75 Å². The van der Waals surface area contributed by atoms with Crippen LogP contribution >= 0.6 is 11.6 Å². The van der Waals surface area contributed by atoms with Crippen molar-refractivity contribution in [2.24, 2.45) is 0 Å². The van der Waals surface area contributed by atoms with Crippen LogP contribution in [0.1, 0.15) is 5.56 Å². The molecule has 1 aromatic carbocycles. The minimum atomic E-state index is -0.483. The van der Waals surface area contributed by atoms with E-state index >= 15 is 0 Å². The lowest BCUT2D eigenvalue weighted by Gasteiger charge is -2.20. The molecule has 0 atom stereocenters. The van der Waals surface area contributed by atoms with Crippen LogP contribution in [0.2, 0.25) is 5.02 Å². The number of ether oxygens (including phenoxy) is 2. The van der Waals surface area contributed by atoms with Gasteiger partial charge in [-0.05, 0) is 18.2 Å². The van der Waals surface area contributed by atoms with Gasteiger partial charge in [-0.2, -0.15) is 0 Å². The van der Waals surface area contributed by atoms with Gasteiger partial charge in [0.25, 0.3) is 5.91 Å². The number of hydrogen-bond donors (Lipinski definition) is 1. The van der Waals surface area contributed by atoms with E-state index in [9.17, 15) is 14.4 Å². The standard InChI is InChI=1S/C16H18ClN3O5/c17-12-1-2-13-11(7-12)8-19(15(22)10-25-13)4-3-18-14(21)9-20-5-6-24-16(20)23/h1-2,7H,3-6,8-10H2,(H,18,21). The molecule has 0 bridgehead atoms. The summed E-state index contributed by atoms with van der Waals surface area (Å²) in [4.78, 5) is 38.3. The second-order valence-corrected chi connectivity index (χ2v) is 6.18. The number of halogens is 1. The van der Waals surface area contributed by atoms with E-state index in [1.807, 2.05) is 0 Å². The Bertz CT molecular complexity index is 696. The van der Waals surface area contributed by atoms with Gasteiger partial charge in [0.1, 0.15) is 18.9 Å². The predicted octanol–water partition coefficient (Wildman–Crippen LogP) is 0.629. The van der Waals surface area contributed by atoms with Crippen molar-refractivity contribution in [1.82, 2.24) is 15.1 Å². The average Bonchev–Trinajstić information content (AvgIpc) is 2.90. The first kappa shape index (κ1) is 17.3. The summed E-state index contributed by atoms with van der Waals surface area (Å²) >= 11 is 5.99. The molecular weight excluding hydrogens is 350 g/mol. The van der Waals surface area contributed by atoms with E-state index in [4.69, 9.17) is 21.1 Å². The van der Waals surface area contributed by atoms with Crippen molar-refractivity contribution in [3.63, 3.8) is 0 Å². The molecule has 0 saturated carbocycles. The zero-order valence-electron chi connectivity index (χ0n) is 13.5. The van der Waals surface area contributed by atoms with Gasteiger partial charge in [0.15, 0.2) is 6.61 Å². The molecule has 1 aromatic rings. The summed E-state index contributed by atoms with van der Waals surface area (Å²) < 4.78 is 10.2. The minimum Gasteiger partial charge on any atom is -0.483 e. The minimum absolute atomic E-state index is 0.0473. The van der Waals surface area contributed by atoms with Gasteiger partial charge in [-0.1, -0.05) is 11.6 Å². The van der Waals surface area contributed by atoms with Crippen molar-refractivity contribution < 1.29 is 23.9 Å². The molecule has 0 unspecified atom stereocenters. The number of carbonyl (C=O) groups excluding carboxylic acids is 3. The molecule has 25 heavy (non-hydrogen) atoms. The molecule has 0 aliphatic carbocycles. The summed E-state index contributed by atoms with van der Waals surface area (Å²) in [7, 11) is 0. The van der Waals surface area contributed by atoms with Crippen molar-refractivity contribution in [2.45, 2.75) is 6.54 Å². The smallest absolute Gasteiger partial charge is 0.410 e. The summed E-state index contributed by atoms with van der Waals surface area (Å²) in [6.45, 7) is 1.59. The number of fused-ring (bicyclic) bond motifs is 1. The van der Waals surface area contributed by atoms with Crippen LogP contribution < -0.4 is 10.1 Å². The number of nitrogens with zero attached hydrogens (tertiary/aromatic N) is 2. The Morgan fingerprint density at radius 2 is 2.08 bits per heavy atom. The van der Waals surface area contributed by atoms with Crippen molar-refractivity contribution in [1.29, 1.82) is 0 Å². The highest BCUT2D eigenvalue weighted by molar-refractivity contribution is 6.30. The van der Waals surface area contributed by atoms with Crippen LogP contribution in [0, 0.1) is 0 Å². The topological polar surface area (TPSA) is 88.2 Å². The number of benzene rings is 1. The van der Waals surface area contributed by atoms with E-state index in [0.29, 0.717) is 37.0 Å². The molecular formula is C16H18ClN3O5. The van der Waals surface area contributed by atoms with E-state index in [0.717, 1.165) is 5.56 Å². The summed E-state index contributed by atoms with van der Waals surface area (Å²) in [6, 6.07) is 5.22. The van der Waals surface area contributed by atoms with E-state index in [-0.39, 0.29) is 31.5 Å². The Morgan fingerprint density at radius 1 is 1.24 bits per heavy atom. The van der Waals surface area contributed by atoms with E-state index in [1.165, 1.54) is 4.90 Å². The molecule has 0 aromatic heterocycles. The van der Waals surface area contributed by atoms with Crippen LogP contribution in [0.3, 0.4) is 0 Å². The highest BCUT2D eigenvalue weighted by Crippen LogP contribution is 2.26. The van der Waals surface area contributed by atoms with Crippen LogP contribution in [-0.2, 0) is 20.9 Å². The van der Waals surface area contributed by atoms with Gasteiger partial charge in [-0.25, -0.2) is 4.79 Å². The molecule has 0 spiro atoms. The van der Waals surface area contributed by atoms with Gasteiger partial charge in [0.05, 0.1) is 6.54 Å². The molecule has 2 aliphatic rings. The first-order chi connectivity index (χ1) is 12.0. The van der Waals surface area contributed by atoms with Crippen LogP contribution in [0.25, 0.3) is 0 Å². The summed E-state index contributed by atoms with van der Waals surface area (Å²) in [6.07, 6.45) is -0.483. The normalized spacial score (nSPS) is 16.8. The third-order valence-corrected chi connectivity index (χ3v) is 4.21. The zero-order chi connectivity index (χ0) is 17.8. The molecule has 1 saturated heterocycles. The molecule has 134 valence electrons. The molecule has 3 amide bonds. The zero-order valence-corrected chi connectivity index (χ0v) is 14.3. The molecule has 8 nitrogen and oxygen atoms in total. The third kappa shape index (κ3) is 4.33. The number of nitrogens with one attached hydrogen (secondary N) is 1. The number of carbonyl (C=O) groups is 3. The lowest BCUT2D eigenvalue weighted by atomic mass is 10.2. The lowest BCUT2D eigenvalue weighted by molar-refractivity contribution is -0.133. The van der Waals surface area contributed by atoms with Gasteiger partial charge >= 0.3 is 6.09 Å². The van der Waals surface area contributed by atoms with Crippen LogP contribution in [-0.4, -0.2) is 67.1 Å².